The molecule has 0 saturated heterocycles. The van der Waals surface area contributed by atoms with Crippen molar-refractivity contribution in [1.29, 1.82) is 5.26 Å². The maximum absolute atomic E-state index is 9.37. The average molecular weight is 230 g/mol. The van der Waals surface area contributed by atoms with E-state index in [1.165, 1.54) is 12.8 Å². The number of aryl methyl sites for hydroxylation is 1. The summed E-state index contributed by atoms with van der Waals surface area (Å²) in [5.41, 5.74) is 1.12. The zero-order valence-corrected chi connectivity index (χ0v) is 9.82. The van der Waals surface area contributed by atoms with Crippen LogP contribution in [0, 0.1) is 11.3 Å². The lowest BCUT2D eigenvalue weighted by Gasteiger charge is -2.15. The van der Waals surface area contributed by atoms with Crippen molar-refractivity contribution in [2.75, 3.05) is 6.54 Å². The molecule has 17 heavy (non-hydrogen) atoms. The van der Waals surface area contributed by atoms with Crippen LogP contribution < -0.4 is 4.99 Å². The number of aromatic nitrogens is 3. The van der Waals surface area contributed by atoms with E-state index in [1.54, 1.807) is 0 Å². The number of fused-ring (bicyclic) bond motifs is 1. The number of rotatable bonds is 2. The third kappa shape index (κ3) is 1.74. The van der Waals surface area contributed by atoms with Crippen molar-refractivity contribution in [2.45, 2.75) is 44.6 Å². The molecular weight excluding hydrogens is 214 g/mol. The van der Waals surface area contributed by atoms with E-state index in [2.05, 4.69) is 25.8 Å². The Hall–Kier alpha value is -1.70. The Morgan fingerprint density at radius 3 is 2.94 bits per heavy atom. The number of nitriles is 1. The maximum Gasteiger partial charge on any atom is 0.185 e. The van der Waals surface area contributed by atoms with Crippen molar-refractivity contribution in [1.82, 2.24) is 14.8 Å². The normalized spacial score (nSPS) is 20.5. The lowest BCUT2D eigenvalue weighted by molar-refractivity contribution is -0.448. The molecule has 0 saturated carbocycles. The van der Waals surface area contributed by atoms with E-state index >= 15 is 0 Å². The van der Waals surface area contributed by atoms with E-state index in [0.717, 1.165) is 49.7 Å². The minimum Gasteiger partial charge on any atom is -0.313 e. The minimum atomic E-state index is -0.225. The van der Waals surface area contributed by atoms with Crippen LogP contribution in [-0.4, -0.2) is 27.0 Å². The van der Waals surface area contributed by atoms with Gasteiger partial charge in [0.1, 0.15) is 12.4 Å². The Morgan fingerprint density at radius 2 is 2.18 bits per heavy atom. The molecule has 1 N–H and O–H groups in total. The first-order chi connectivity index (χ1) is 8.40. The van der Waals surface area contributed by atoms with Crippen molar-refractivity contribution in [3.8, 4) is 6.07 Å². The zero-order chi connectivity index (χ0) is 11.7. The van der Waals surface area contributed by atoms with Gasteiger partial charge < -0.3 is 4.57 Å². The van der Waals surface area contributed by atoms with Crippen LogP contribution in [0.25, 0.3) is 0 Å². The summed E-state index contributed by atoms with van der Waals surface area (Å²) in [6.45, 7) is 1.94. The molecule has 88 valence electrons. The average Bonchev–Trinajstić information content (AvgIpc) is 3.01. The van der Waals surface area contributed by atoms with Gasteiger partial charge in [-0.2, -0.15) is 5.26 Å². The molecule has 0 aliphatic carbocycles. The monoisotopic (exact) mass is 230 g/mol. The van der Waals surface area contributed by atoms with Crippen molar-refractivity contribution in [3.63, 3.8) is 0 Å². The summed E-state index contributed by atoms with van der Waals surface area (Å²) >= 11 is 0. The molecule has 0 spiro atoms. The molecule has 0 fully saturated rings. The van der Waals surface area contributed by atoms with Gasteiger partial charge >= 0.3 is 0 Å². The molecule has 1 aromatic heterocycles. The van der Waals surface area contributed by atoms with Gasteiger partial charge in [0.15, 0.2) is 17.5 Å². The second-order valence-electron chi connectivity index (χ2n) is 4.70. The summed E-state index contributed by atoms with van der Waals surface area (Å²) in [6, 6.07) is 2.37. The van der Waals surface area contributed by atoms with Crippen molar-refractivity contribution >= 4 is 5.71 Å². The van der Waals surface area contributed by atoms with Crippen LogP contribution in [0.2, 0.25) is 0 Å². The lowest BCUT2D eigenvalue weighted by atomic mass is 10.0. The highest BCUT2D eigenvalue weighted by Gasteiger charge is 2.31. The van der Waals surface area contributed by atoms with Crippen LogP contribution in [0.4, 0.5) is 0 Å². The van der Waals surface area contributed by atoms with Crippen LogP contribution in [0.5, 0.6) is 0 Å². The molecule has 3 rings (SSSR count). The third-order valence-electron chi connectivity index (χ3n) is 3.60. The highest BCUT2D eigenvalue weighted by molar-refractivity contribution is 5.88. The molecule has 0 aromatic carbocycles. The second kappa shape index (κ2) is 4.28. The molecule has 1 aromatic rings. The van der Waals surface area contributed by atoms with Crippen molar-refractivity contribution in [3.05, 3.63) is 11.6 Å². The molecule has 0 bridgehead atoms. The smallest absolute Gasteiger partial charge is 0.185 e. The van der Waals surface area contributed by atoms with Crippen LogP contribution in [-0.2, 0) is 13.0 Å². The van der Waals surface area contributed by atoms with E-state index < -0.39 is 0 Å². The molecule has 1 atom stereocenters. The molecule has 0 amide bonds. The molecule has 0 radical (unpaired) electrons. The molecule has 2 aliphatic heterocycles. The predicted octanol–water partition coefficient (Wildman–Crippen LogP) is -0.463. The van der Waals surface area contributed by atoms with Crippen LogP contribution >= 0.6 is 0 Å². The summed E-state index contributed by atoms with van der Waals surface area (Å²) in [6.07, 6.45) is 5.45. The third-order valence-corrected chi connectivity index (χ3v) is 3.60. The van der Waals surface area contributed by atoms with Crippen LogP contribution in [0.15, 0.2) is 0 Å². The first-order valence-corrected chi connectivity index (χ1v) is 6.31. The largest absolute Gasteiger partial charge is 0.313 e. The van der Waals surface area contributed by atoms with Gasteiger partial charge in [0.05, 0.1) is 6.07 Å². The Balaban J connectivity index is 1.97. The first-order valence-electron chi connectivity index (χ1n) is 6.31. The minimum absolute atomic E-state index is 0.225. The second-order valence-corrected chi connectivity index (χ2v) is 4.70. The van der Waals surface area contributed by atoms with Gasteiger partial charge in [-0.1, -0.05) is 0 Å². The van der Waals surface area contributed by atoms with E-state index in [4.69, 9.17) is 0 Å². The van der Waals surface area contributed by atoms with Crippen molar-refractivity contribution < 1.29 is 4.99 Å². The van der Waals surface area contributed by atoms with E-state index in [0.29, 0.717) is 0 Å². The van der Waals surface area contributed by atoms with Gasteiger partial charge in [0.2, 0.25) is 0 Å². The fourth-order valence-electron chi connectivity index (χ4n) is 2.70. The number of nitrogens with one attached hydrogen (secondary N) is 1. The number of hydrogen-bond donors (Lipinski definition) is 1. The molecular formula is C12H16N5+. The summed E-state index contributed by atoms with van der Waals surface area (Å²) in [5, 5.41) is 17.8. The van der Waals surface area contributed by atoms with Gasteiger partial charge in [-0.15, -0.1) is 10.2 Å². The topological polar surface area (TPSA) is 68.5 Å². The van der Waals surface area contributed by atoms with Gasteiger partial charge in [0, 0.05) is 25.8 Å². The highest BCUT2D eigenvalue weighted by Crippen LogP contribution is 2.21. The van der Waals surface area contributed by atoms with Gasteiger partial charge in [-0.3, -0.25) is 0 Å². The van der Waals surface area contributed by atoms with Gasteiger partial charge in [-0.25, -0.2) is 4.99 Å². The quantitative estimate of drug-likeness (QED) is 0.747. The Morgan fingerprint density at radius 1 is 1.24 bits per heavy atom. The number of hydrogen-bond acceptors (Lipinski definition) is 3. The summed E-state index contributed by atoms with van der Waals surface area (Å²) in [4.78, 5) is 3.32. The van der Waals surface area contributed by atoms with E-state index in [1.807, 2.05) is 0 Å². The molecule has 3 heterocycles. The fourth-order valence-corrected chi connectivity index (χ4v) is 2.70. The van der Waals surface area contributed by atoms with Gasteiger partial charge in [-0.05, 0) is 12.8 Å². The molecule has 0 unspecified atom stereocenters. The Labute approximate surface area is 100 Å². The van der Waals surface area contributed by atoms with E-state index in [9.17, 15) is 5.26 Å². The maximum atomic E-state index is 9.37. The fraction of sp³-hybridized carbons (Fsp3) is 0.667. The number of nitrogens with zero attached hydrogens (tertiary/aromatic N) is 4. The predicted molar refractivity (Wildman–Crippen MR) is 61.4 cm³/mol. The zero-order valence-electron chi connectivity index (χ0n) is 9.82. The molecule has 2 aliphatic rings. The van der Waals surface area contributed by atoms with Crippen molar-refractivity contribution in [2.24, 2.45) is 0 Å². The Bertz CT molecular complexity index is 493. The first kappa shape index (κ1) is 10.5. The SMILES string of the molecule is N#C[C@H](C1=[NH+]CCC1)c1nnc2n1CCCC2. The highest BCUT2D eigenvalue weighted by atomic mass is 15.3. The van der Waals surface area contributed by atoms with Gasteiger partial charge in [0.25, 0.3) is 0 Å². The Kier molecular flexibility index (Phi) is 2.63. The van der Waals surface area contributed by atoms with E-state index in [-0.39, 0.29) is 5.92 Å². The molecule has 5 nitrogen and oxygen atoms in total. The van der Waals surface area contributed by atoms with Crippen LogP contribution in [0.1, 0.15) is 43.3 Å². The summed E-state index contributed by atoms with van der Waals surface area (Å²) < 4.78 is 2.14. The lowest BCUT2D eigenvalue weighted by Crippen LogP contribution is -2.70. The standard InChI is InChI=1S/C12H15N5/c13-8-9(10-4-3-6-14-10)12-16-15-11-5-1-2-7-17(11)12/h9H,1-7H2/p+1/t9-/m1/s1. The summed E-state index contributed by atoms with van der Waals surface area (Å²) in [5.74, 6) is 1.66. The van der Waals surface area contributed by atoms with Crippen LogP contribution in [0.3, 0.4) is 0 Å². The molecule has 5 heteroatoms. The summed E-state index contributed by atoms with van der Waals surface area (Å²) in [7, 11) is 0.